The van der Waals surface area contributed by atoms with Crippen LogP contribution in [0.4, 0.5) is 16.2 Å². The van der Waals surface area contributed by atoms with Gasteiger partial charge in [-0.3, -0.25) is 4.98 Å². The van der Waals surface area contributed by atoms with Crippen LogP contribution in [0, 0.1) is 6.92 Å². The average Bonchev–Trinajstić information content (AvgIpc) is 3.54. The predicted molar refractivity (Wildman–Crippen MR) is 113 cm³/mol. The molecule has 5 nitrogen and oxygen atoms in total. The van der Waals surface area contributed by atoms with Gasteiger partial charge in [0.05, 0.1) is 0 Å². The zero-order chi connectivity index (χ0) is 18.6. The molecule has 6 heteroatoms. The Hall–Kier alpha value is -2.21. The molecule has 27 heavy (non-hydrogen) atoms. The fourth-order valence-corrected chi connectivity index (χ4v) is 4.34. The van der Waals surface area contributed by atoms with Crippen LogP contribution in [0.1, 0.15) is 24.0 Å². The van der Waals surface area contributed by atoms with Crippen molar-refractivity contribution in [3.05, 3.63) is 53.9 Å². The van der Waals surface area contributed by atoms with Crippen molar-refractivity contribution in [3.63, 3.8) is 0 Å². The number of carbonyl (C=O) groups excluding carboxylic acids is 1. The maximum absolute atomic E-state index is 12.9. The van der Waals surface area contributed by atoms with E-state index in [1.54, 1.807) is 6.20 Å². The zero-order valence-electron chi connectivity index (χ0n) is 15.7. The van der Waals surface area contributed by atoms with E-state index >= 15 is 0 Å². The minimum absolute atomic E-state index is 0.0217. The zero-order valence-corrected chi connectivity index (χ0v) is 16.5. The number of benzene rings is 1. The van der Waals surface area contributed by atoms with Gasteiger partial charge >= 0.3 is 6.03 Å². The minimum atomic E-state index is -0.0217. The highest BCUT2D eigenvalue weighted by Gasteiger charge is 2.32. The van der Waals surface area contributed by atoms with Gasteiger partial charge in [-0.15, -0.1) is 0 Å². The number of amides is 2. The van der Waals surface area contributed by atoms with Gasteiger partial charge in [-0.2, -0.15) is 11.8 Å². The molecule has 1 saturated carbocycles. The molecule has 0 bridgehead atoms. The number of hydrogen-bond donors (Lipinski definition) is 1. The summed E-state index contributed by atoms with van der Waals surface area (Å²) >= 11 is 2.01. The molecular weight excluding hydrogens is 356 g/mol. The molecule has 0 unspecified atom stereocenters. The summed E-state index contributed by atoms with van der Waals surface area (Å²) in [5, 5.41) is 3.13. The number of thioether (sulfide) groups is 1. The molecule has 0 atom stereocenters. The van der Waals surface area contributed by atoms with Crippen LogP contribution in [0.5, 0.6) is 0 Å². The number of nitrogens with one attached hydrogen (secondary N) is 1. The lowest BCUT2D eigenvalue weighted by Gasteiger charge is -2.29. The number of carbonyl (C=O) groups is 1. The molecule has 2 fully saturated rings. The van der Waals surface area contributed by atoms with Gasteiger partial charge in [0.25, 0.3) is 0 Å². The van der Waals surface area contributed by atoms with Crippen LogP contribution in [-0.4, -0.2) is 46.6 Å². The summed E-state index contributed by atoms with van der Waals surface area (Å²) in [5.41, 5.74) is 4.32. The lowest BCUT2D eigenvalue weighted by molar-refractivity contribution is 0.206. The van der Waals surface area contributed by atoms with E-state index in [4.69, 9.17) is 0 Å². The Kier molecular flexibility index (Phi) is 5.53. The topological polar surface area (TPSA) is 48.5 Å². The van der Waals surface area contributed by atoms with E-state index in [0.29, 0.717) is 12.6 Å². The number of nitrogens with zero attached hydrogens (tertiary/aromatic N) is 3. The Morgan fingerprint density at radius 2 is 2.11 bits per heavy atom. The highest BCUT2D eigenvalue weighted by Crippen LogP contribution is 2.30. The first-order valence-electron chi connectivity index (χ1n) is 9.60. The van der Waals surface area contributed by atoms with E-state index in [2.05, 4.69) is 34.3 Å². The van der Waals surface area contributed by atoms with E-state index < -0.39 is 0 Å². The number of rotatable bonds is 5. The molecule has 2 amide bonds. The van der Waals surface area contributed by atoms with Gasteiger partial charge in [-0.25, -0.2) is 4.79 Å². The molecule has 1 saturated heterocycles. The third kappa shape index (κ3) is 4.56. The summed E-state index contributed by atoms with van der Waals surface area (Å²) in [6, 6.07) is 10.6. The Labute approximate surface area is 165 Å². The van der Waals surface area contributed by atoms with Crippen LogP contribution in [-0.2, 0) is 6.54 Å². The van der Waals surface area contributed by atoms with E-state index in [9.17, 15) is 4.79 Å². The molecule has 1 N–H and O–H groups in total. The number of urea groups is 1. The predicted octanol–water partition coefficient (Wildman–Crippen LogP) is 4.14. The molecule has 1 aliphatic heterocycles. The van der Waals surface area contributed by atoms with Crippen molar-refractivity contribution in [1.29, 1.82) is 0 Å². The standard InChI is InChI=1S/C21H26N4OS/c1-16-13-19(24-9-11-27-12-10-24)6-7-20(16)23-21(26)25(18-4-5-18)15-17-3-2-8-22-14-17/h2-3,6-8,13-14,18H,4-5,9-12,15H2,1H3,(H,23,26). The summed E-state index contributed by atoms with van der Waals surface area (Å²) in [4.78, 5) is 21.4. The van der Waals surface area contributed by atoms with Crippen LogP contribution in [0.2, 0.25) is 0 Å². The van der Waals surface area contributed by atoms with Crippen molar-refractivity contribution in [2.24, 2.45) is 0 Å². The maximum Gasteiger partial charge on any atom is 0.322 e. The molecule has 0 radical (unpaired) electrons. The monoisotopic (exact) mass is 382 g/mol. The van der Waals surface area contributed by atoms with E-state index in [-0.39, 0.29) is 6.03 Å². The van der Waals surface area contributed by atoms with Gasteiger partial charge < -0.3 is 15.1 Å². The lowest BCUT2D eigenvalue weighted by Crippen LogP contribution is -2.36. The molecule has 1 aromatic carbocycles. The first-order chi connectivity index (χ1) is 13.2. The molecule has 2 aliphatic rings. The van der Waals surface area contributed by atoms with Gasteiger partial charge in [0.1, 0.15) is 0 Å². The lowest BCUT2D eigenvalue weighted by atomic mass is 10.1. The average molecular weight is 383 g/mol. The van der Waals surface area contributed by atoms with Crippen molar-refractivity contribution in [3.8, 4) is 0 Å². The van der Waals surface area contributed by atoms with Gasteiger partial charge in [-0.05, 0) is 55.2 Å². The molecular formula is C21H26N4OS. The SMILES string of the molecule is Cc1cc(N2CCSCC2)ccc1NC(=O)N(Cc1cccnc1)C1CC1. The minimum Gasteiger partial charge on any atom is -0.370 e. The largest absolute Gasteiger partial charge is 0.370 e. The molecule has 1 aliphatic carbocycles. The molecule has 4 rings (SSSR count). The molecule has 2 aromatic rings. The van der Waals surface area contributed by atoms with E-state index in [1.807, 2.05) is 41.1 Å². The van der Waals surface area contributed by atoms with Crippen LogP contribution in [0.15, 0.2) is 42.7 Å². The van der Waals surface area contributed by atoms with Crippen molar-refractivity contribution >= 4 is 29.2 Å². The number of hydrogen-bond acceptors (Lipinski definition) is 4. The van der Waals surface area contributed by atoms with E-state index in [1.165, 1.54) is 17.2 Å². The quantitative estimate of drug-likeness (QED) is 0.844. The van der Waals surface area contributed by atoms with Crippen molar-refractivity contribution in [1.82, 2.24) is 9.88 Å². The maximum atomic E-state index is 12.9. The summed E-state index contributed by atoms with van der Waals surface area (Å²) in [6.07, 6.45) is 5.76. The number of anilines is 2. The Morgan fingerprint density at radius 1 is 1.30 bits per heavy atom. The molecule has 1 aromatic heterocycles. The molecule has 0 spiro atoms. The first kappa shape index (κ1) is 18.2. The Bertz CT molecular complexity index is 788. The fourth-order valence-electron chi connectivity index (χ4n) is 3.43. The number of aryl methyl sites for hydroxylation is 1. The second kappa shape index (κ2) is 8.21. The Morgan fingerprint density at radius 3 is 2.78 bits per heavy atom. The summed E-state index contributed by atoms with van der Waals surface area (Å²) < 4.78 is 0. The van der Waals surface area contributed by atoms with E-state index in [0.717, 1.165) is 42.7 Å². The van der Waals surface area contributed by atoms with Gasteiger partial charge in [0.15, 0.2) is 0 Å². The molecule has 2 heterocycles. The highest BCUT2D eigenvalue weighted by molar-refractivity contribution is 7.99. The summed E-state index contributed by atoms with van der Waals surface area (Å²) in [5.74, 6) is 2.37. The van der Waals surface area contributed by atoms with Crippen LogP contribution >= 0.6 is 11.8 Å². The Balaban J connectivity index is 1.44. The fraction of sp³-hybridized carbons (Fsp3) is 0.429. The normalized spacial score (nSPS) is 16.9. The van der Waals surface area contributed by atoms with Crippen LogP contribution in [0.3, 0.4) is 0 Å². The van der Waals surface area contributed by atoms with Crippen molar-refractivity contribution < 1.29 is 4.79 Å². The van der Waals surface area contributed by atoms with Gasteiger partial charge in [0, 0.05) is 61.0 Å². The van der Waals surface area contributed by atoms with Crippen molar-refractivity contribution in [2.45, 2.75) is 32.4 Å². The molecule has 142 valence electrons. The van der Waals surface area contributed by atoms with Crippen LogP contribution in [0.25, 0.3) is 0 Å². The van der Waals surface area contributed by atoms with Gasteiger partial charge in [0.2, 0.25) is 0 Å². The third-order valence-electron chi connectivity index (χ3n) is 5.15. The third-order valence-corrected chi connectivity index (χ3v) is 6.09. The van der Waals surface area contributed by atoms with Gasteiger partial charge in [-0.1, -0.05) is 6.07 Å². The second-order valence-electron chi connectivity index (χ2n) is 7.25. The number of pyridine rings is 1. The highest BCUT2D eigenvalue weighted by atomic mass is 32.2. The van der Waals surface area contributed by atoms with Crippen molar-refractivity contribution in [2.75, 3.05) is 34.8 Å². The second-order valence-corrected chi connectivity index (χ2v) is 8.47. The first-order valence-corrected chi connectivity index (χ1v) is 10.8. The smallest absolute Gasteiger partial charge is 0.322 e. The summed E-state index contributed by atoms with van der Waals surface area (Å²) in [7, 11) is 0. The summed E-state index contributed by atoms with van der Waals surface area (Å²) in [6.45, 7) is 4.86. The van der Waals surface area contributed by atoms with Crippen LogP contribution < -0.4 is 10.2 Å². The number of aromatic nitrogens is 1.